The molecule has 2 aromatic rings. The maximum atomic E-state index is 11.8. The predicted octanol–water partition coefficient (Wildman–Crippen LogP) is 1.55. The number of nitrogens with one attached hydrogen (secondary N) is 1. The number of pyridine rings is 1. The summed E-state index contributed by atoms with van der Waals surface area (Å²) in [5.74, 6) is 0.987. The van der Waals surface area contributed by atoms with Crippen LogP contribution in [0.4, 0.5) is 5.82 Å². The van der Waals surface area contributed by atoms with Crippen molar-refractivity contribution in [3.05, 3.63) is 40.8 Å². The Balaban J connectivity index is 1.36. The Kier molecular flexibility index (Phi) is 4.17. The Morgan fingerprint density at radius 2 is 2.16 bits per heavy atom. The zero-order valence-electron chi connectivity index (χ0n) is 14.7. The lowest BCUT2D eigenvalue weighted by molar-refractivity contribution is 0.0250. The lowest BCUT2D eigenvalue weighted by Gasteiger charge is -2.33. The summed E-state index contributed by atoms with van der Waals surface area (Å²) in [5.41, 5.74) is 3.75. The zero-order chi connectivity index (χ0) is 17.4. The minimum Gasteiger partial charge on any atom is -0.373 e. The van der Waals surface area contributed by atoms with Gasteiger partial charge in [0.15, 0.2) is 0 Å². The molecule has 0 unspecified atom stereocenters. The van der Waals surface area contributed by atoms with Crippen LogP contribution in [-0.4, -0.2) is 39.9 Å². The summed E-state index contributed by atoms with van der Waals surface area (Å²) < 4.78 is 7.82. The summed E-state index contributed by atoms with van der Waals surface area (Å²) in [6, 6.07) is 1.96. The zero-order valence-corrected chi connectivity index (χ0v) is 14.7. The number of amides is 1. The molecule has 0 spiro atoms. The minimum absolute atomic E-state index is 0.0142. The van der Waals surface area contributed by atoms with Crippen molar-refractivity contribution in [2.45, 2.75) is 39.0 Å². The largest absolute Gasteiger partial charge is 0.373 e. The molecule has 0 atom stereocenters. The van der Waals surface area contributed by atoms with Crippen LogP contribution in [0.25, 0.3) is 0 Å². The number of carbonyl (C=O) groups is 1. The van der Waals surface area contributed by atoms with E-state index in [2.05, 4.69) is 15.3 Å². The maximum absolute atomic E-state index is 11.8. The van der Waals surface area contributed by atoms with Gasteiger partial charge in [0.05, 0.1) is 36.7 Å². The van der Waals surface area contributed by atoms with Crippen LogP contribution in [0.1, 0.15) is 40.0 Å². The molecule has 2 aromatic heterocycles. The molecule has 2 aliphatic heterocycles. The number of fused-ring (bicyclic) bond motifs is 1. The molecule has 7 nitrogen and oxygen atoms in total. The third-order valence-corrected chi connectivity index (χ3v) is 4.91. The van der Waals surface area contributed by atoms with Crippen molar-refractivity contribution in [3.8, 4) is 0 Å². The number of hydrogen-bond donors (Lipinski definition) is 1. The van der Waals surface area contributed by atoms with E-state index >= 15 is 0 Å². The Labute approximate surface area is 147 Å². The van der Waals surface area contributed by atoms with E-state index in [1.54, 1.807) is 4.68 Å². The van der Waals surface area contributed by atoms with Crippen molar-refractivity contribution in [1.82, 2.24) is 20.1 Å². The standard InChI is InChI=1S/C18H23N5O2/c1-12-7-15-16(9-19-18(15)24)21-17(12)23-5-3-14(4-6-23)25-11-13-8-20-22(2)10-13/h7-8,10,14H,3-6,9,11H2,1-2H3,(H,19,24). The summed E-state index contributed by atoms with van der Waals surface area (Å²) in [6.07, 6.45) is 6.07. The van der Waals surface area contributed by atoms with Crippen molar-refractivity contribution >= 4 is 11.7 Å². The molecule has 132 valence electrons. The van der Waals surface area contributed by atoms with Crippen LogP contribution in [0, 0.1) is 6.92 Å². The Morgan fingerprint density at radius 3 is 2.88 bits per heavy atom. The van der Waals surface area contributed by atoms with Gasteiger partial charge in [-0.3, -0.25) is 9.48 Å². The first-order chi connectivity index (χ1) is 12.1. The first-order valence-corrected chi connectivity index (χ1v) is 8.73. The van der Waals surface area contributed by atoms with E-state index in [4.69, 9.17) is 9.72 Å². The van der Waals surface area contributed by atoms with Gasteiger partial charge in [0.2, 0.25) is 0 Å². The second-order valence-electron chi connectivity index (χ2n) is 6.83. The summed E-state index contributed by atoms with van der Waals surface area (Å²) in [6.45, 7) is 5.02. The number of hydrogen-bond acceptors (Lipinski definition) is 5. The van der Waals surface area contributed by atoms with Crippen LogP contribution < -0.4 is 10.2 Å². The molecule has 1 saturated heterocycles. The predicted molar refractivity (Wildman–Crippen MR) is 93.4 cm³/mol. The lowest BCUT2D eigenvalue weighted by Crippen LogP contribution is -2.38. The molecule has 4 heterocycles. The molecule has 4 rings (SSSR count). The number of anilines is 1. The molecule has 0 radical (unpaired) electrons. The average Bonchev–Trinajstić information content (AvgIpc) is 3.19. The number of aryl methyl sites for hydroxylation is 2. The van der Waals surface area contributed by atoms with E-state index in [0.717, 1.165) is 54.1 Å². The van der Waals surface area contributed by atoms with Crippen molar-refractivity contribution in [2.75, 3.05) is 18.0 Å². The van der Waals surface area contributed by atoms with Crippen LogP contribution in [0.15, 0.2) is 18.5 Å². The fraction of sp³-hybridized carbons (Fsp3) is 0.500. The smallest absolute Gasteiger partial charge is 0.253 e. The molecule has 1 N–H and O–H groups in total. The van der Waals surface area contributed by atoms with E-state index in [9.17, 15) is 4.79 Å². The minimum atomic E-state index is -0.0142. The quantitative estimate of drug-likeness (QED) is 0.913. The van der Waals surface area contributed by atoms with Crippen LogP contribution in [0.5, 0.6) is 0 Å². The van der Waals surface area contributed by atoms with Gasteiger partial charge in [0, 0.05) is 31.9 Å². The summed E-state index contributed by atoms with van der Waals surface area (Å²) in [7, 11) is 1.91. The molecular weight excluding hydrogens is 318 g/mol. The number of rotatable bonds is 4. The van der Waals surface area contributed by atoms with Gasteiger partial charge in [-0.25, -0.2) is 4.98 Å². The van der Waals surface area contributed by atoms with Gasteiger partial charge in [-0.05, 0) is 31.4 Å². The van der Waals surface area contributed by atoms with E-state index in [0.29, 0.717) is 13.2 Å². The first kappa shape index (κ1) is 16.1. The highest BCUT2D eigenvalue weighted by molar-refractivity contribution is 5.98. The van der Waals surface area contributed by atoms with Gasteiger partial charge in [-0.15, -0.1) is 0 Å². The van der Waals surface area contributed by atoms with Crippen LogP contribution in [0.3, 0.4) is 0 Å². The van der Waals surface area contributed by atoms with Crippen LogP contribution in [-0.2, 0) is 24.9 Å². The molecule has 1 amide bonds. The summed E-state index contributed by atoms with van der Waals surface area (Å²) in [4.78, 5) is 18.8. The van der Waals surface area contributed by atoms with Crippen LogP contribution >= 0.6 is 0 Å². The molecule has 0 aliphatic carbocycles. The molecule has 0 aromatic carbocycles. The van der Waals surface area contributed by atoms with Crippen LogP contribution in [0.2, 0.25) is 0 Å². The number of carbonyl (C=O) groups excluding carboxylic acids is 1. The number of aromatic nitrogens is 3. The Hall–Kier alpha value is -2.41. The van der Waals surface area contributed by atoms with Crippen molar-refractivity contribution in [2.24, 2.45) is 7.05 Å². The van der Waals surface area contributed by atoms with Crippen molar-refractivity contribution in [1.29, 1.82) is 0 Å². The Bertz CT molecular complexity index is 793. The third kappa shape index (κ3) is 3.24. The van der Waals surface area contributed by atoms with Gasteiger partial charge in [0.1, 0.15) is 5.82 Å². The lowest BCUT2D eigenvalue weighted by atomic mass is 10.1. The van der Waals surface area contributed by atoms with Gasteiger partial charge in [0.25, 0.3) is 5.91 Å². The van der Waals surface area contributed by atoms with Gasteiger partial charge < -0.3 is 15.0 Å². The van der Waals surface area contributed by atoms with Gasteiger partial charge >= 0.3 is 0 Å². The van der Waals surface area contributed by atoms with E-state index in [-0.39, 0.29) is 12.0 Å². The van der Waals surface area contributed by atoms with E-state index in [1.807, 2.05) is 32.4 Å². The van der Waals surface area contributed by atoms with Gasteiger partial charge in [-0.2, -0.15) is 5.10 Å². The molecule has 7 heteroatoms. The van der Waals surface area contributed by atoms with Gasteiger partial charge in [-0.1, -0.05) is 0 Å². The first-order valence-electron chi connectivity index (χ1n) is 8.73. The fourth-order valence-electron chi connectivity index (χ4n) is 3.55. The molecule has 0 bridgehead atoms. The topological polar surface area (TPSA) is 72.3 Å². The highest BCUT2D eigenvalue weighted by atomic mass is 16.5. The van der Waals surface area contributed by atoms with Crippen molar-refractivity contribution in [3.63, 3.8) is 0 Å². The van der Waals surface area contributed by atoms with Crippen molar-refractivity contribution < 1.29 is 9.53 Å². The normalized spacial score (nSPS) is 17.7. The monoisotopic (exact) mass is 341 g/mol. The fourth-order valence-corrected chi connectivity index (χ4v) is 3.55. The second-order valence-corrected chi connectivity index (χ2v) is 6.83. The summed E-state index contributed by atoms with van der Waals surface area (Å²) >= 11 is 0. The number of ether oxygens (including phenoxy) is 1. The molecule has 1 fully saturated rings. The summed E-state index contributed by atoms with van der Waals surface area (Å²) in [5, 5.41) is 7.00. The molecule has 0 saturated carbocycles. The highest BCUT2D eigenvalue weighted by Gasteiger charge is 2.26. The van der Waals surface area contributed by atoms with E-state index < -0.39 is 0 Å². The molecular formula is C18H23N5O2. The SMILES string of the molecule is Cc1cc2c(nc1N1CCC(OCc3cnn(C)c3)CC1)CNC2=O. The van der Waals surface area contributed by atoms with E-state index in [1.165, 1.54) is 0 Å². The third-order valence-electron chi connectivity index (χ3n) is 4.91. The number of piperidine rings is 1. The second kappa shape index (κ2) is 6.48. The number of nitrogens with zero attached hydrogens (tertiary/aromatic N) is 4. The molecule has 25 heavy (non-hydrogen) atoms. The molecule has 2 aliphatic rings. The maximum Gasteiger partial charge on any atom is 0.253 e. The Morgan fingerprint density at radius 1 is 1.36 bits per heavy atom. The highest BCUT2D eigenvalue weighted by Crippen LogP contribution is 2.27. The average molecular weight is 341 g/mol.